The van der Waals surface area contributed by atoms with Crippen LogP contribution in [0.2, 0.25) is 0 Å². The molecule has 0 saturated heterocycles. The van der Waals surface area contributed by atoms with Crippen molar-refractivity contribution in [2.24, 2.45) is 0 Å². The Morgan fingerprint density at radius 2 is 1.90 bits per heavy atom. The number of aliphatic hydroxyl groups excluding tert-OH is 1. The Kier molecular flexibility index (Phi) is 7.58. The predicted molar refractivity (Wildman–Crippen MR) is 80.6 cm³/mol. The zero-order valence-corrected chi connectivity index (χ0v) is 12.4. The van der Waals surface area contributed by atoms with Crippen molar-refractivity contribution in [2.75, 3.05) is 24.2 Å². The van der Waals surface area contributed by atoms with Gasteiger partial charge in [0.1, 0.15) is 0 Å². The van der Waals surface area contributed by atoms with Crippen LogP contribution >= 0.6 is 0 Å². The van der Waals surface area contributed by atoms with E-state index >= 15 is 0 Å². The van der Waals surface area contributed by atoms with Crippen molar-refractivity contribution in [3.63, 3.8) is 0 Å². The molecule has 0 unspecified atom stereocenters. The number of unbranched alkanes of at least 4 members (excludes halogenated alkanes) is 2. The van der Waals surface area contributed by atoms with Gasteiger partial charge in [0.15, 0.2) is 0 Å². The van der Waals surface area contributed by atoms with Gasteiger partial charge in [-0.1, -0.05) is 18.6 Å². The van der Waals surface area contributed by atoms with Crippen molar-refractivity contribution < 1.29 is 18.1 Å². The summed E-state index contributed by atoms with van der Waals surface area (Å²) in [5.74, 6) is -0.221. The van der Waals surface area contributed by atoms with Gasteiger partial charge in [-0.25, -0.2) is 0 Å². The molecular formula is C14H23NO4S. The Labute approximate surface area is 120 Å². The Hall–Kier alpha value is -1.11. The first-order valence-electron chi connectivity index (χ1n) is 6.90. The summed E-state index contributed by atoms with van der Waals surface area (Å²) in [7, 11) is -3.86. The van der Waals surface area contributed by atoms with E-state index in [2.05, 4.69) is 11.4 Å². The van der Waals surface area contributed by atoms with Crippen LogP contribution in [0.1, 0.15) is 31.2 Å². The van der Waals surface area contributed by atoms with E-state index in [4.69, 9.17) is 9.66 Å². The molecular weight excluding hydrogens is 278 g/mol. The van der Waals surface area contributed by atoms with Crippen LogP contribution in [-0.2, 0) is 16.5 Å². The zero-order chi connectivity index (χ0) is 14.8. The highest BCUT2D eigenvalue weighted by Crippen LogP contribution is 2.13. The zero-order valence-electron chi connectivity index (χ0n) is 11.6. The molecule has 0 aliphatic rings. The molecule has 1 rings (SSSR count). The minimum atomic E-state index is -3.86. The summed E-state index contributed by atoms with van der Waals surface area (Å²) < 4.78 is 29.8. The SMILES string of the molecule is O=S(=O)(O)CCCNc1cccc(CCCCCO)c1. The fourth-order valence-corrected chi connectivity index (χ4v) is 2.45. The Balaban J connectivity index is 2.32. The molecule has 0 aromatic heterocycles. The predicted octanol–water partition coefficient (Wildman–Crippen LogP) is 2.08. The first-order valence-corrected chi connectivity index (χ1v) is 8.51. The van der Waals surface area contributed by atoms with Gasteiger partial charge in [-0.3, -0.25) is 4.55 Å². The molecule has 114 valence electrons. The lowest BCUT2D eigenvalue weighted by molar-refractivity contribution is 0.283. The second-order valence-corrected chi connectivity index (χ2v) is 6.37. The molecule has 0 bridgehead atoms. The van der Waals surface area contributed by atoms with E-state index in [0.29, 0.717) is 13.0 Å². The van der Waals surface area contributed by atoms with Gasteiger partial charge in [-0.2, -0.15) is 8.42 Å². The minimum Gasteiger partial charge on any atom is -0.396 e. The third-order valence-electron chi connectivity index (χ3n) is 2.96. The molecule has 0 atom stereocenters. The molecule has 0 fully saturated rings. The van der Waals surface area contributed by atoms with Gasteiger partial charge in [0.2, 0.25) is 0 Å². The molecule has 0 radical (unpaired) electrons. The lowest BCUT2D eigenvalue weighted by Crippen LogP contribution is -2.10. The molecule has 0 aliphatic carbocycles. The molecule has 1 aromatic rings. The van der Waals surface area contributed by atoms with Crippen LogP contribution in [0.15, 0.2) is 24.3 Å². The van der Waals surface area contributed by atoms with E-state index in [0.717, 1.165) is 31.4 Å². The molecule has 0 amide bonds. The highest BCUT2D eigenvalue weighted by molar-refractivity contribution is 7.85. The third-order valence-corrected chi connectivity index (χ3v) is 3.76. The van der Waals surface area contributed by atoms with E-state index in [-0.39, 0.29) is 12.4 Å². The number of benzene rings is 1. The van der Waals surface area contributed by atoms with Crippen LogP contribution in [0.3, 0.4) is 0 Å². The normalized spacial score (nSPS) is 11.5. The van der Waals surface area contributed by atoms with E-state index < -0.39 is 10.1 Å². The number of hydrogen-bond acceptors (Lipinski definition) is 4. The molecule has 6 heteroatoms. The van der Waals surface area contributed by atoms with Crippen molar-refractivity contribution in [1.82, 2.24) is 0 Å². The molecule has 0 heterocycles. The molecule has 0 saturated carbocycles. The standard InChI is InChI=1S/C14H23NO4S/c16-10-3-1-2-6-13-7-4-8-14(12-13)15-9-5-11-20(17,18)19/h4,7-8,12,15-16H,1-3,5-6,9-11H2,(H,17,18,19). The highest BCUT2D eigenvalue weighted by atomic mass is 32.2. The van der Waals surface area contributed by atoms with Gasteiger partial charge in [-0.05, 0) is 43.4 Å². The van der Waals surface area contributed by atoms with Crippen molar-refractivity contribution in [1.29, 1.82) is 0 Å². The van der Waals surface area contributed by atoms with Crippen molar-refractivity contribution in [2.45, 2.75) is 32.1 Å². The maximum atomic E-state index is 10.6. The summed E-state index contributed by atoms with van der Waals surface area (Å²) in [6.45, 7) is 0.753. The molecule has 3 N–H and O–H groups in total. The number of rotatable bonds is 10. The number of hydrogen-bond donors (Lipinski definition) is 3. The number of anilines is 1. The summed E-state index contributed by atoms with van der Waals surface area (Å²) in [4.78, 5) is 0. The summed E-state index contributed by atoms with van der Waals surface area (Å²) in [5.41, 5.74) is 2.18. The summed E-state index contributed by atoms with van der Waals surface area (Å²) in [6, 6.07) is 8.01. The van der Waals surface area contributed by atoms with Crippen molar-refractivity contribution in [3.05, 3.63) is 29.8 Å². The van der Waals surface area contributed by atoms with Gasteiger partial charge >= 0.3 is 0 Å². The van der Waals surface area contributed by atoms with E-state index in [1.807, 2.05) is 18.2 Å². The van der Waals surface area contributed by atoms with Crippen molar-refractivity contribution in [3.8, 4) is 0 Å². The molecule has 20 heavy (non-hydrogen) atoms. The number of aliphatic hydroxyl groups is 1. The third kappa shape index (κ3) is 8.14. The average Bonchev–Trinajstić information content (AvgIpc) is 2.39. The monoisotopic (exact) mass is 301 g/mol. The minimum absolute atomic E-state index is 0.221. The van der Waals surface area contributed by atoms with Gasteiger partial charge in [0.05, 0.1) is 5.75 Å². The second kappa shape index (κ2) is 8.94. The lowest BCUT2D eigenvalue weighted by atomic mass is 10.1. The highest BCUT2D eigenvalue weighted by Gasteiger charge is 2.03. The summed E-state index contributed by atoms with van der Waals surface area (Å²) in [5, 5.41) is 11.9. The fraction of sp³-hybridized carbons (Fsp3) is 0.571. The Bertz CT molecular complexity index is 488. The first kappa shape index (κ1) is 16.9. The van der Waals surface area contributed by atoms with Crippen LogP contribution in [-0.4, -0.2) is 37.0 Å². The topological polar surface area (TPSA) is 86.6 Å². The molecule has 0 spiro atoms. The Morgan fingerprint density at radius 1 is 1.10 bits per heavy atom. The van der Waals surface area contributed by atoms with E-state index in [1.54, 1.807) is 0 Å². The second-order valence-electron chi connectivity index (χ2n) is 4.80. The van der Waals surface area contributed by atoms with Crippen LogP contribution in [0.4, 0.5) is 5.69 Å². The average molecular weight is 301 g/mol. The maximum absolute atomic E-state index is 10.6. The van der Waals surface area contributed by atoms with Gasteiger partial charge in [0, 0.05) is 18.8 Å². The number of nitrogens with one attached hydrogen (secondary N) is 1. The molecule has 1 aromatic carbocycles. The largest absolute Gasteiger partial charge is 0.396 e. The fourth-order valence-electron chi connectivity index (χ4n) is 1.94. The maximum Gasteiger partial charge on any atom is 0.264 e. The van der Waals surface area contributed by atoms with Crippen LogP contribution in [0.25, 0.3) is 0 Å². The molecule has 5 nitrogen and oxygen atoms in total. The van der Waals surface area contributed by atoms with Crippen LogP contribution in [0, 0.1) is 0 Å². The first-order chi connectivity index (χ1) is 9.51. The van der Waals surface area contributed by atoms with E-state index in [1.165, 1.54) is 5.56 Å². The lowest BCUT2D eigenvalue weighted by Gasteiger charge is -2.08. The summed E-state index contributed by atoms with van der Waals surface area (Å²) >= 11 is 0. The molecule has 0 aliphatic heterocycles. The van der Waals surface area contributed by atoms with Crippen LogP contribution in [0.5, 0.6) is 0 Å². The van der Waals surface area contributed by atoms with Crippen molar-refractivity contribution >= 4 is 15.8 Å². The Morgan fingerprint density at radius 3 is 2.60 bits per heavy atom. The van der Waals surface area contributed by atoms with E-state index in [9.17, 15) is 8.42 Å². The van der Waals surface area contributed by atoms with Gasteiger partial charge in [0.25, 0.3) is 10.1 Å². The van der Waals surface area contributed by atoms with Gasteiger partial charge < -0.3 is 10.4 Å². The smallest absolute Gasteiger partial charge is 0.264 e. The number of aryl methyl sites for hydroxylation is 1. The van der Waals surface area contributed by atoms with Crippen LogP contribution < -0.4 is 5.32 Å². The van der Waals surface area contributed by atoms with Gasteiger partial charge in [-0.15, -0.1) is 0 Å². The summed E-state index contributed by atoms with van der Waals surface area (Å²) in [6.07, 6.45) is 4.25. The quantitative estimate of drug-likeness (QED) is 0.455.